The Labute approximate surface area is 143 Å². The van der Waals surface area contributed by atoms with Crippen LogP contribution in [0.15, 0.2) is 42.5 Å². The van der Waals surface area contributed by atoms with Gasteiger partial charge >= 0.3 is 0 Å². The number of likely N-dealkylation sites (tertiary alicyclic amines) is 1. The average Bonchev–Trinajstić information content (AvgIpc) is 3.08. The lowest BCUT2D eigenvalue weighted by Gasteiger charge is -2.31. The lowest BCUT2D eigenvalue weighted by atomic mass is 9.83. The van der Waals surface area contributed by atoms with Crippen LogP contribution in [0.5, 0.6) is 0 Å². The molecule has 0 radical (unpaired) electrons. The average molecular weight is 321 g/mol. The van der Waals surface area contributed by atoms with Gasteiger partial charge < -0.3 is 10.2 Å². The maximum Gasteiger partial charge on any atom is 0.252 e. The molecule has 0 spiro atoms. The summed E-state index contributed by atoms with van der Waals surface area (Å²) in [6, 6.07) is 12.9. The Bertz CT molecular complexity index is 829. The topological polar surface area (TPSA) is 36.9 Å². The van der Waals surface area contributed by atoms with Crippen LogP contribution in [-0.4, -0.2) is 29.4 Å². The molecule has 2 heterocycles. The molecule has 3 heteroatoms. The van der Waals surface area contributed by atoms with Crippen molar-refractivity contribution in [1.29, 1.82) is 0 Å². The Kier molecular flexibility index (Phi) is 3.69. The standard InChI is InChI=1S/C21H24N2O/c1-21(2)14-18-16-8-4-3-7-15(16)9-10-17(18)19(22-21)13-20(24)23-11-5-6-12-23/h3-4,7-10,13,22H,5-6,11-12,14H2,1-2H3/p+1. The minimum atomic E-state index is 0.0637. The van der Waals surface area contributed by atoms with E-state index in [0.717, 1.165) is 38.0 Å². The van der Waals surface area contributed by atoms with Crippen molar-refractivity contribution in [3.63, 3.8) is 0 Å². The second-order valence-electron chi connectivity index (χ2n) is 7.75. The first kappa shape index (κ1) is 15.4. The van der Waals surface area contributed by atoms with Gasteiger partial charge in [0.2, 0.25) is 0 Å². The van der Waals surface area contributed by atoms with Crippen molar-refractivity contribution in [2.24, 2.45) is 0 Å². The highest BCUT2D eigenvalue weighted by molar-refractivity contribution is 5.96. The molecule has 4 rings (SSSR count). The number of fused-ring (bicyclic) bond motifs is 3. The van der Waals surface area contributed by atoms with E-state index in [0.29, 0.717) is 0 Å². The lowest BCUT2D eigenvalue weighted by molar-refractivity contribution is -0.641. The van der Waals surface area contributed by atoms with Crippen molar-refractivity contribution >= 4 is 22.4 Å². The van der Waals surface area contributed by atoms with Crippen LogP contribution in [0, 0.1) is 0 Å². The Morgan fingerprint density at radius 3 is 2.67 bits per heavy atom. The third-order valence-electron chi connectivity index (χ3n) is 5.23. The van der Waals surface area contributed by atoms with Crippen LogP contribution in [0.4, 0.5) is 0 Å². The Hall–Kier alpha value is -2.13. The number of hydrogen-bond acceptors (Lipinski definition) is 1. The lowest BCUT2D eigenvalue weighted by Crippen LogP contribution is -2.94. The van der Waals surface area contributed by atoms with Crippen molar-refractivity contribution in [2.75, 3.05) is 13.1 Å². The summed E-state index contributed by atoms with van der Waals surface area (Å²) >= 11 is 0. The predicted octanol–water partition coefficient (Wildman–Crippen LogP) is 2.70. The van der Waals surface area contributed by atoms with Crippen LogP contribution in [0.3, 0.4) is 0 Å². The molecule has 1 amide bonds. The molecule has 1 fully saturated rings. The molecule has 2 N–H and O–H groups in total. The van der Waals surface area contributed by atoms with E-state index in [-0.39, 0.29) is 11.4 Å². The highest BCUT2D eigenvalue weighted by Gasteiger charge is 2.34. The Morgan fingerprint density at radius 2 is 1.88 bits per heavy atom. The van der Waals surface area contributed by atoms with Crippen molar-refractivity contribution in [2.45, 2.75) is 38.6 Å². The third-order valence-corrected chi connectivity index (χ3v) is 5.23. The predicted molar refractivity (Wildman–Crippen MR) is 97.4 cm³/mol. The monoisotopic (exact) mass is 321 g/mol. The summed E-state index contributed by atoms with van der Waals surface area (Å²) in [6.45, 7) is 6.31. The van der Waals surface area contributed by atoms with Crippen molar-refractivity contribution in [3.05, 3.63) is 53.6 Å². The number of benzene rings is 2. The summed E-state index contributed by atoms with van der Waals surface area (Å²) in [5, 5.41) is 4.87. The van der Waals surface area contributed by atoms with E-state index >= 15 is 0 Å². The second-order valence-corrected chi connectivity index (χ2v) is 7.75. The highest BCUT2D eigenvalue weighted by Crippen LogP contribution is 2.31. The first-order valence-electron chi connectivity index (χ1n) is 8.91. The molecule has 24 heavy (non-hydrogen) atoms. The van der Waals surface area contributed by atoms with Gasteiger partial charge in [-0.2, -0.15) is 0 Å². The number of carbonyl (C=O) groups is 1. The third kappa shape index (κ3) is 2.73. The van der Waals surface area contributed by atoms with Gasteiger partial charge in [-0.25, -0.2) is 0 Å². The minimum Gasteiger partial charge on any atom is -0.339 e. The summed E-state index contributed by atoms with van der Waals surface area (Å²) < 4.78 is 0. The molecular weight excluding hydrogens is 296 g/mol. The molecule has 1 saturated heterocycles. The zero-order valence-electron chi connectivity index (χ0n) is 14.5. The quantitative estimate of drug-likeness (QED) is 0.806. The van der Waals surface area contributed by atoms with E-state index in [2.05, 4.69) is 55.6 Å². The molecule has 0 aromatic heterocycles. The van der Waals surface area contributed by atoms with Crippen LogP contribution >= 0.6 is 0 Å². The number of rotatable bonds is 1. The molecule has 2 aliphatic rings. The number of amides is 1. The molecule has 124 valence electrons. The normalized spacial score (nSPS) is 21.2. The van der Waals surface area contributed by atoms with E-state index in [1.165, 1.54) is 21.9 Å². The van der Waals surface area contributed by atoms with Gasteiger partial charge in [0.1, 0.15) is 5.70 Å². The summed E-state index contributed by atoms with van der Waals surface area (Å²) in [5.41, 5.74) is 3.75. The maximum absolute atomic E-state index is 12.6. The first-order valence-corrected chi connectivity index (χ1v) is 8.91. The molecular formula is C21H25N2O+. The van der Waals surface area contributed by atoms with Crippen LogP contribution < -0.4 is 5.32 Å². The van der Waals surface area contributed by atoms with E-state index < -0.39 is 0 Å². The van der Waals surface area contributed by atoms with Crippen LogP contribution in [0.1, 0.15) is 37.8 Å². The van der Waals surface area contributed by atoms with E-state index in [4.69, 9.17) is 0 Å². The van der Waals surface area contributed by atoms with Crippen molar-refractivity contribution in [3.8, 4) is 0 Å². The zero-order chi connectivity index (χ0) is 16.7. The van der Waals surface area contributed by atoms with Crippen molar-refractivity contribution < 1.29 is 10.1 Å². The summed E-state index contributed by atoms with van der Waals surface area (Å²) in [6.07, 6.45) is 5.13. The van der Waals surface area contributed by atoms with Gasteiger partial charge in [-0.1, -0.05) is 30.3 Å². The summed E-state index contributed by atoms with van der Waals surface area (Å²) in [7, 11) is 0. The first-order chi connectivity index (χ1) is 11.5. The Morgan fingerprint density at radius 1 is 1.12 bits per heavy atom. The molecule has 0 saturated carbocycles. The smallest absolute Gasteiger partial charge is 0.252 e. The highest BCUT2D eigenvalue weighted by atomic mass is 16.2. The van der Waals surface area contributed by atoms with Crippen LogP contribution in [-0.2, 0) is 11.2 Å². The summed E-state index contributed by atoms with van der Waals surface area (Å²) in [4.78, 5) is 14.6. The van der Waals surface area contributed by atoms with Crippen LogP contribution in [0.25, 0.3) is 16.5 Å². The van der Waals surface area contributed by atoms with Gasteiger partial charge in [0, 0.05) is 25.1 Å². The fraction of sp³-hybridized carbons (Fsp3) is 0.381. The Balaban J connectivity index is 1.82. The number of quaternary nitrogens is 1. The summed E-state index contributed by atoms with van der Waals surface area (Å²) in [5.74, 6) is 0.163. The molecule has 0 unspecified atom stereocenters. The molecule has 2 aliphatic heterocycles. The minimum absolute atomic E-state index is 0.0637. The second kappa shape index (κ2) is 5.75. The van der Waals surface area contributed by atoms with E-state index in [1.807, 2.05) is 11.0 Å². The molecule has 2 aromatic rings. The number of nitrogens with two attached hydrogens (primary N) is 1. The van der Waals surface area contributed by atoms with Gasteiger partial charge in [0.15, 0.2) is 0 Å². The molecule has 2 aromatic carbocycles. The molecule has 3 nitrogen and oxygen atoms in total. The van der Waals surface area contributed by atoms with Gasteiger partial charge in [0.05, 0.1) is 11.6 Å². The van der Waals surface area contributed by atoms with Crippen LogP contribution in [0.2, 0.25) is 0 Å². The maximum atomic E-state index is 12.6. The molecule has 0 atom stereocenters. The number of hydrogen-bond donors (Lipinski definition) is 1. The largest absolute Gasteiger partial charge is 0.339 e. The zero-order valence-corrected chi connectivity index (χ0v) is 14.5. The van der Waals surface area contributed by atoms with Gasteiger partial charge in [-0.3, -0.25) is 4.79 Å². The van der Waals surface area contributed by atoms with E-state index in [9.17, 15) is 4.79 Å². The van der Waals surface area contributed by atoms with Crippen molar-refractivity contribution in [1.82, 2.24) is 4.90 Å². The SMILES string of the molecule is CC1(C)Cc2c(ccc3ccccc23)C(=CC(=O)N2CCCC2)[NH2+]1. The van der Waals surface area contributed by atoms with Gasteiger partial charge in [0.25, 0.3) is 5.91 Å². The van der Waals surface area contributed by atoms with Gasteiger partial charge in [-0.15, -0.1) is 0 Å². The van der Waals surface area contributed by atoms with Gasteiger partial charge in [-0.05, 0) is 49.1 Å². The number of carbonyl (C=O) groups excluding carboxylic acids is 1. The fourth-order valence-electron chi connectivity index (χ4n) is 4.08. The van der Waals surface area contributed by atoms with E-state index in [1.54, 1.807) is 0 Å². The molecule has 0 bridgehead atoms. The number of nitrogens with zero attached hydrogens (tertiary/aromatic N) is 1. The fourth-order valence-corrected chi connectivity index (χ4v) is 4.08. The molecule has 0 aliphatic carbocycles.